The molecule has 2 aliphatic heterocycles. The van der Waals surface area contributed by atoms with Crippen molar-refractivity contribution in [3.05, 3.63) is 71.1 Å². The normalized spacial score (nSPS) is 16.0. The number of hydrogen-bond acceptors (Lipinski definition) is 5. The molecule has 0 aliphatic carbocycles. The van der Waals surface area contributed by atoms with E-state index in [0.29, 0.717) is 30.8 Å². The predicted molar refractivity (Wildman–Crippen MR) is 106 cm³/mol. The molecule has 2 aromatic rings. The monoisotopic (exact) mass is 409 g/mol. The van der Waals surface area contributed by atoms with E-state index < -0.39 is 15.9 Å². The van der Waals surface area contributed by atoms with Gasteiger partial charge in [0.1, 0.15) is 6.07 Å². The lowest BCUT2D eigenvalue weighted by molar-refractivity contribution is 0.0930. The van der Waals surface area contributed by atoms with E-state index in [9.17, 15) is 13.2 Å². The molecule has 0 spiro atoms. The van der Waals surface area contributed by atoms with Crippen molar-refractivity contribution >= 4 is 21.6 Å². The van der Waals surface area contributed by atoms with Crippen LogP contribution in [0.25, 0.3) is 0 Å². The predicted octanol–water partition coefficient (Wildman–Crippen LogP) is 2.71. The number of ether oxygens (including phenoxy) is 1. The molecule has 0 radical (unpaired) electrons. The molecular formula is C21H19N3O4S. The molecule has 2 heterocycles. The average molecular weight is 409 g/mol. The maximum atomic E-state index is 13.2. The summed E-state index contributed by atoms with van der Waals surface area (Å²) in [6.45, 7) is 0.775. The minimum Gasteiger partial charge on any atom is -0.478 e. The Kier molecular flexibility index (Phi) is 4.99. The second-order valence-electron chi connectivity index (χ2n) is 6.81. The quantitative estimate of drug-likeness (QED) is 0.837. The van der Waals surface area contributed by atoms with Gasteiger partial charge in [0.05, 0.1) is 22.8 Å². The number of anilines is 1. The number of fused-ring (bicyclic) bond motifs is 1. The number of benzene rings is 2. The zero-order chi connectivity index (χ0) is 20.4. The maximum Gasteiger partial charge on any atom is 0.264 e. The highest BCUT2D eigenvalue weighted by atomic mass is 32.2. The molecule has 148 valence electrons. The number of carbonyl (C=O) groups excluding carboxylic acids is 1. The van der Waals surface area contributed by atoms with Gasteiger partial charge in [-0.1, -0.05) is 18.2 Å². The Morgan fingerprint density at radius 1 is 1.10 bits per heavy atom. The van der Waals surface area contributed by atoms with Gasteiger partial charge in [0.25, 0.3) is 15.9 Å². The molecule has 8 heteroatoms. The first kappa shape index (κ1) is 19.0. The number of aryl methyl sites for hydroxylation is 1. The summed E-state index contributed by atoms with van der Waals surface area (Å²) in [5.74, 6) is -0.291. The van der Waals surface area contributed by atoms with Crippen molar-refractivity contribution in [2.75, 3.05) is 17.5 Å². The van der Waals surface area contributed by atoms with Crippen LogP contribution >= 0.6 is 0 Å². The molecule has 0 aromatic heterocycles. The van der Waals surface area contributed by atoms with E-state index in [2.05, 4.69) is 5.32 Å². The summed E-state index contributed by atoms with van der Waals surface area (Å²) in [6, 6.07) is 15.3. The number of para-hydroxylation sites is 1. The van der Waals surface area contributed by atoms with E-state index >= 15 is 0 Å². The average Bonchev–Trinajstić information content (AvgIpc) is 3.20. The van der Waals surface area contributed by atoms with Gasteiger partial charge in [-0.25, -0.2) is 8.42 Å². The molecule has 4 rings (SSSR count). The molecule has 0 saturated carbocycles. The van der Waals surface area contributed by atoms with Crippen molar-refractivity contribution in [2.45, 2.75) is 24.2 Å². The SMILES string of the molecule is N#CC1=C(NC(=O)c2ccc(S(=O)(=O)N3CCCc4ccccc43)cc2)OCC1. The molecule has 1 amide bonds. The number of carbonyl (C=O) groups is 1. The summed E-state index contributed by atoms with van der Waals surface area (Å²) >= 11 is 0. The van der Waals surface area contributed by atoms with Crippen LogP contribution in [-0.2, 0) is 21.2 Å². The summed E-state index contributed by atoms with van der Waals surface area (Å²) in [5.41, 5.74) is 2.39. The number of nitriles is 1. The van der Waals surface area contributed by atoms with Gasteiger partial charge < -0.3 is 4.74 Å². The number of rotatable bonds is 4. The van der Waals surface area contributed by atoms with Gasteiger partial charge in [0.15, 0.2) is 0 Å². The fraction of sp³-hybridized carbons (Fsp3) is 0.238. The van der Waals surface area contributed by atoms with Gasteiger partial charge in [-0.15, -0.1) is 0 Å². The fourth-order valence-corrected chi connectivity index (χ4v) is 5.04. The topological polar surface area (TPSA) is 99.5 Å². The lowest BCUT2D eigenvalue weighted by Gasteiger charge is -2.30. The van der Waals surface area contributed by atoms with Crippen molar-refractivity contribution in [2.24, 2.45) is 0 Å². The first-order chi connectivity index (χ1) is 14.0. The zero-order valence-electron chi connectivity index (χ0n) is 15.6. The first-order valence-corrected chi connectivity index (χ1v) is 10.7. The van der Waals surface area contributed by atoms with E-state index in [1.165, 1.54) is 28.6 Å². The van der Waals surface area contributed by atoms with Crippen molar-refractivity contribution in [3.63, 3.8) is 0 Å². The number of nitrogens with one attached hydrogen (secondary N) is 1. The second-order valence-corrected chi connectivity index (χ2v) is 8.67. The molecule has 0 unspecified atom stereocenters. The van der Waals surface area contributed by atoms with Gasteiger partial charge in [-0.3, -0.25) is 14.4 Å². The van der Waals surface area contributed by atoms with Crippen molar-refractivity contribution < 1.29 is 17.9 Å². The van der Waals surface area contributed by atoms with Crippen molar-refractivity contribution in [3.8, 4) is 6.07 Å². The standard InChI is InChI=1S/C21H19N3O4S/c22-14-17-11-13-28-21(17)23-20(25)16-7-9-18(10-8-16)29(26,27)24-12-3-5-15-4-1-2-6-19(15)24/h1-2,4,6-10H,3,5,11-13H2,(H,23,25). The lowest BCUT2D eigenvalue weighted by atomic mass is 10.0. The van der Waals surface area contributed by atoms with Crippen LogP contribution in [-0.4, -0.2) is 27.5 Å². The van der Waals surface area contributed by atoms with Gasteiger partial charge in [0, 0.05) is 18.5 Å². The van der Waals surface area contributed by atoms with Crippen molar-refractivity contribution in [1.82, 2.24) is 5.32 Å². The second kappa shape index (κ2) is 7.60. The van der Waals surface area contributed by atoms with Crippen LogP contribution in [0.3, 0.4) is 0 Å². The van der Waals surface area contributed by atoms with Crippen LogP contribution in [0, 0.1) is 11.3 Å². The third-order valence-corrected chi connectivity index (χ3v) is 6.83. The number of sulfonamides is 1. The van der Waals surface area contributed by atoms with Crippen LogP contribution in [0.5, 0.6) is 0 Å². The minimum atomic E-state index is -3.73. The van der Waals surface area contributed by atoms with E-state index in [1.54, 1.807) is 0 Å². The van der Waals surface area contributed by atoms with Gasteiger partial charge >= 0.3 is 0 Å². The summed E-state index contributed by atoms with van der Waals surface area (Å²) in [6.07, 6.45) is 2.07. The van der Waals surface area contributed by atoms with E-state index in [4.69, 9.17) is 10.00 Å². The lowest BCUT2D eigenvalue weighted by Crippen LogP contribution is -2.35. The van der Waals surface area contributed by atoms with Crippen LogP contribution in [0.15, 0.2) is 64.9 Å². The molecular weight excluding hydrogens is 390 g/mol. The highest BCUT2D eigenvalue weighted by Crippen LogP contribution is 2.31. The number of hydrogen-bond donors (Lipinski definition) is 1. The third kappa shape index (κ3) is 3.57. The summed E-state index contributed by atoms with van der Waals surface area (Å²) in [7, 11) is -3.73. The Labute approximate surface area is 169 Å². The molecule has 29 heavy (non-hydrogen) atoms. The molecule has 1 N–H and O–H groups in total. The molecule has 7 nitrogen and oxygen atoms in total. The molecule has 0 saturated heterocycles. The van der Waals surface area contributed by atoms with Crippen LogP contribution in [0.1, 0.15) is 28.8 Å². The Bertz CT molecular complexity index is 1130. The van der Waals surface area contributed by atoms with Crippen LogP contribution < -0.4 is 9.62 Å². The zero-order valence-corrected chi connectivity index (χ0v) is 16.4. The summed E-state index contributed by atoms with van der Waals surface area (Å²) < 4.78 is 33.0. The highest BCUT2D eigenvalue weighted by Gasteiger charge is 2.29. The van der Waals surface area contributed by atoms with Gasteiger partial charge in [-0.2, -0.15) is 5.26 Å². The van der Waals surface area contributed by atoms with Gasteiger partial charge in [0.2, 0.25) is 5.88 Å². The minimum absolute atomic E-state index is 0.125. The largest absolute Gasteiger partial charge is 0.478 e. The van der Waals surface area contributed by atoms with E-state index in [0.717, 1.165) is 18.4 Å². The molecule has 2 aromatic carbocycles. The van der Waals surface area contributed by atoms with Gasteiger partial charge in [-0.05, 0) is 48.7 Å². The third-order valence-electron chi connectivity index (χ3n) is 5.01. The Morgan fingerprint density at radius 3 is 2.62 bits per heavy atom. The van der Waals surface area contributed by atoms with Crippen molar-refractivity contribution in [1.29, 1.82) is 5.26 Å². The Hall–Kier alpha value is -3.31. The fourth-order valence-electron chi connectivity index (χ4n) is 3.50. The number of nitrogens with zero attached hydrogens (tertiary/aromatic N) is 2. The number of amides is 1. The Morgan fingerprint density at radius 2 is 1.86 bits per heavy atom. The molecule has 0 fully saturated rings. The Balaban J connectivity index is 1.57. The first-order valence-electron chi connectivity index (χ1n) is 9.29. The van der Waals surface area contributed by atoms with Crippen LogP contribution in [0.4, 0.5) is 5.69 Å². The van der Waals surface area contributed by atoms with E-state index in [1.807, 2.05) is 30.3 Å². The van der Waals surface area contributed by atoms with Crippen LogP contribution in [0.2, 0.25) is 0 Å². The maximum absolute atomic E-state index is 13.2. The highest BCUT2D eigenvalue weighted by molar-refractivity contribution is 7.92. The van der Waals surface area contributed by atoms with E-state index in [-0.39, 0.29) is 16.3 Å². The molecule has 0 bridgehead atoms. The summed E-state index contributed by atoms with van der Waals surface area (Å²) in [5, 5.41) is 11.6. The summed E-state index contributed by atoms with van der Waals surface area (Å²) in [4.78, 5) is 12.5. The smallest absolute Gasteiger partial charge is 0.264 e. The molecule has 0 atom stereocenters. The molecule has 2 aliphatic rings.